The Balaban J connectivity index is 1.47. The van der Waals surface area contributed by atoms with Gasteiger partial charge < -0.3 is 20.9 Å². The molecule has 1 saturated heterocycles. The van der Waals surface area contributed by atoms with Gasteiger partial charge in [-0.3, -0.25) is 9.59 Å². The second-order valence-electron chi connectivity index (χ2n) is 8.12. The van der Waals surface area contributed by atoms with E-state index in [1.165, 1.54) is 6.92 Å². The summed E-state index contributed by atoms with van der Waals surface area (Å²) in [6.45, 7) is 3.25. The Morgan fingerprint density at radius 3 is 2.52 bits per heavy atom. The van der Waals surface area contributed by atoms with Crippen molar-refractivity contribution in [2.45, 2.75) is 19.8 Å². The molecule has 1 aliphatic heterocycles. The molecule has 170 valence electrons. The minimum absolute atomic E-state index is 0.0601. The smallest absolute Gasteiger partial charge is 0.229 e. The number of hydrogen-bond donors (Lipinski definition) is 3. The molecule has 0 unspecified atom stereocenters. The van der Waals surface area contributed by atoms with Gasteiger partial charge in [-0.15, -0.1) is 0 Å². The van der Waals surface area contributed by atoms with Gasteiger partial charge in [0, 0.05) is 48.7 Å². The summed E-state index contributed by atoms with van der Waals surface area (Å²) in [7, 11) is 1.82. The van der Waals surface area contributed by atoms with Gasteiger partial charge in [0.25, 0.3) is 0 Å². The number of nitrogens with zero attached hydrogens (tertiary/aromatic N) is 3. The first-order valence-electron chi connectivity index (χ1n) is 11.1. The Labute approximate surface area is 193 Å². The maximum absolute atomic E-state index is 12.9. The van der Waals surface area contributed by atoms with Crippen molar-refractivity contribution in [3.05, 3.63) is 60.8 Å². The average Bonchev–Trinajstić information content (AvgIpc) is 2.84. The first kappa shape index (κ1) is 22.4. The summed E-state index contributed by atoms with van der Waals surface area (Å²) in [5.74, 6) is 0.559. The predicted octanol–water partition coefficient (Wildman–Crippen LogP) is 3.81. The topological polar surface area (TPSA) is 99.3 Å². The summed E-state index contributed by atoms with van der Waals surface area (Å²) in [6.07, 6.45) is 3.43. The first-order chi connectivity index (χ1) is 16.0. The van der Waals surface area contributed by atoms with Crippen molar-refractivity contribution in [2.75, 3.05) is 35.7 Å². The van der Waals surface area contributed by atoms with Crippen LogP contribution in [0.4, 0.5) is 23.0 Å². The highest BCUT2D eigenvalue weighted by atomic mass is 16.2. The molecule has 1 aliphatic rings. The van der Waals surface area contributed by atoms with Crippen molar-refractivity contribution in [1.29, 1.82) is 0 Å². The van der Waals surface area contributed by atoms with Gasteiger partial charge in [0.2, 0.25) is 17.8 Å². The van der Waals surface area contributed by atoms with Crippen molar-refractivity contribution >= 4 is 34.8 Å². The fourth-order valence-corrected chi connectivity index (χ4v) is 3.90. The Bertz CT molecular complexity index is 1130. The molecule has 0 spiro atoms. The van der Waals surface area contributed by atoms with Crippen LogP contribution in [0.25, 0.3) is 11.3 Å². The molecule has 1 aromatic heterocycles. The number of carbonyl (C=O) groups is 2. The Morgan fingerprint density at radius 2 is 1.79 bits per heavy atom. The minimum Gasteiger partial charge on any atom is -0.326 e. The highest BCUT2D eigenvalue weighted by Gasteiger charge is 2.24. The molecule has 3 N–H and O–H groups in total. The number of nitrogens with one attached hydrogen (secondary N) is 3. The molecule has 2 heterocycles. The normalized spacial score (nSPS) is 13.9. The fraction of sp³-hybridized carbons (Fsp3) is 0.280. The lowest BCUT2D eigenvalue weighted by Gasteiger charge is -2.27. The first-order valence-corrected chi connectivity index (χ1v) is 11.1. The largest absolute Gasteiger partial charge is 0.326 e. The summed E-state index contributed by atoms with van der Waals surface area (Å²) < 4.78 is 0. The molecule has 8 nitrogen and oxygen atoms in total. The van der Waals surface area contributed by atoms with Crippen LogP contribution in [0.2, 0.25) is 0 Å². The van der Waals surface area contributed by atoms with Gasteiger partial charge in [-0.25, -0.2) is 9.97 Å². The molecule has 0 aliphatic carbocycles. The van der Waals surface area contributed by atoms with E-state index in [2.05, 4.69) is 25.9 Å². The van der Waals surface area contributed by atoms with E-state index in [0.29, 0.717) is 5.95 Å². The van der Waals surface area contributed by atoms with Crippen LogP contribution in [0, 0.1) is 5.92 Å². The van der Waals surface area contributed by atoms with Gasteiger partial charge in [0.05, 0.1) is 5.69 Å². The second-order valence-corrected chi connectivity index (χ2v) is 8.12. The number of rotatable bonds is 6. The third kappa shape index (κ3) is 5.72. The highest BCUT2D eigenvalue weighted by Crippen LogP contribution is 2.25. The van der Waals surface area contributed by atoms with Gasteiger partial charge in [0.1, 0.15) is 0 Å². The summed E-state index contributed by atoms with van der Waals surface area (Å²) in [4.78, 5) is 34.8. The summed E-state index contributed by atoms with van der Waals surface area (Å²) in [5.41, 5.74) is 4.04. The SMILES string of the molecule is CC(=O)Nc1ccc(-c2ccnc(Nc3cccc(N(C)C(=O)C4CCNCC4)c3)n2)cc1. The van der Waals surface area contributed by atoms with Crippen LogP contribution >= 0.6 is 0 Å². The van der Waals surface area contributed by atoms with Gasteiger partial charge >= 0.3 is 0 Å². The number of piperidine rings is 1. The van der Waals surface area contributed by atoms with Crippen LogP contribution in [0.15, 0.2) is 60.8 Å². The van der Waals surface area contributed by atoms with Gasteiger partial charge in [0.15, 0.2) is 0 Å². The molecule has 0 bridgehead atoms. The second kappa shape index (κ2) is 10.2. The van der Waals surface area contributed by atoms with E-state index >= 15 is 0 Å². The van der Waals surface area contributed by atoms with Gasteiger partial charge in [-0.05, 0) is 62.3 Å². The molecule has 0 saturated carbocycles. The average molecular weight is 445 g/mol. The van der Waals surface area contributed by atoms with Crippen LogP contribution in [0.3, 0.4) is 0 Å². The molecule has 0 atom stereocenters. The standard InChI is InChI=1S/C25H28N6O2/c1-17(32)28-20-8-6-18(7-9-20)23-12-15-27-25(30-23)29-21-4-3-5-22(16-21)31(2)24(33)19-10-13-26-14-11-19/h3-9,12,15-16,19,26H,10-11,13-14H2,1-2H3,(H,28,32)(H,27,29,30). The van der Waals surface area contributed by atoms with Crippen molar-refractivity contribution in [3.8, 4) is 11.3 Å². The summed E-state index contributed by atoms with van der Waals surface area (Å²) in [6, 6.07) is 17.0. The number of aromatic nitrogens is 2. The third-order valence-corrected chi connectivity index (χ3v) is 5.67. The minimum atomic E-state index is -0.110. The molecule has 2 amide bonds. The lowest BCUT2D eigenvalue weighted by atomic mass is 9.96. The van der Waals surface area contributed by atoms with E-state index in [1.807, 2.05) is 61.6 Å². The van der Waals surface area contributed by atoms with Crippen LogP contribution in [0.1, 0.15) is 19.8 Å². The molecule has 4 rings (SSSR count). The maximum atomic E-state index is 12.9. The Morgan fingerprint density at radius 1 is 1.03 bits per heavy atom. The van der Waals surface area contributed by atoms with Crippen molar-refractivity contribution in [3.63, 3.8) is 0 Å². The molecule has 3 aromatic rings. The van der Waals surface area contributed by atoms with Crippen LogP contribution in [-0.4, -0.2) is 41.9 Å². The number of benzene rings is 2. The number of carbonyl (C=O) groups excluding carboxylic acids is 2. The molecule has 2 aromatic carbocycles. The monoisotopic (exact) mass is 444 g/mol. The van der Waals surface area contributed by atoms with Crippen LogP contribution < -0.4 is 20.9 Å². The lowest BCUT2D eigenvalue weighted by Crippen LogP contribution is -2.39. The zero-order valence-electron chi connectivity index (χ0n) is 18.8. The van der Waals surface area contributed by atoms with E-state index in [9.17, 15) is 9.59 Å². The molecule has 33 heavy (non-hydrogen) atoms. The third-order valence-electron chi connectivity index (χ3n) is 5.67. The molecule has 0 radical (unpaired) electrons. The van der Waals surface area contributed by atoms with E-state index in [4.69, 9.17) is 0 Å². The fourth-order valence-electron chi connectivity index (χ4n) is 3.90. The molecular formula is C25H28N6O2. The van der Waals surface area contributed by atoms with Gasteiger partial charge in [-0.1, -0.05) is 18.2 Å². The molecule has 8 heteroatoms. The van der Waals surface area contributed by atoms with Crippen LogP contribution in [0.5, 0.6) is 0 Å². The van der Waals surface area contributed by atoms with E-state index in [-0.39, 0.29) is 17.7 Å². The van der Waals surface area contributed by atoms with Crippen molar-refractivity contribution in [2.24, 2.45) is 5.92 Å². The number of amides is 2. The van der Waals surface area contributed by atoms with E-state index in [1.54, 1.807) is 11.1 Å². The van der Waals surface area contributed by atoms with Crippen molar-refractivity contribution in [1.82, 2.24) is 15.3 Å². The van der Waals surface area contributed by atoms with Crippen molar-refractivity contribution < 1.29 is 9.59 Å². The zero-order chi connectivity index (χ0) is 23.2. The van der Waals surface area contributed by atoms with Gasteiger partial charge in [-0.2, -0.15) is 0 Å². The summed E-state index contributed by atoms with van der Waals surface area (Å²) in [5, 5.41) is 9.29. The Kier molecular flexibility index (Phi) is 6.95. The van der Waals surface area contributed by atoms with Crippen LogP contribution in [-0.2, 0) is 9.59 Å². The quantitative estimate of drug-likeness (QED) is 0.535. The van der Waals surface area contributed by atoms with E-state index < -0.39 is 0 Å². The summed E-state index contributed by atoms with van der Waals surface area (Å²) >= 11 is 0. The lowest BCUT2D eigenvalue weighted by molar-refractivity contribution is -0.122. The maximum Gasteiger partial charge on any atom is 0.229 e. The number of hydrogen-bond acceptors (Lipinski definition) is 6. The zero-order valence-corrected chi connectivity index (χ0v) is 18.8. The van der Waals surface area contributed by atoms with E-state index in [0.717, 1.165) is 54.3 Å². The highest BCUT2D eigenvalue weighted by molar-refractivity contribution is 5.95. The predicted molar refractivity (Wildman–Crippen MR) is 131 cm³/mol. The Hall–Kier alpha value is -3.78. The molecular weight excluding hydrogens is 416 g/mol. The number of anilines is 4. The molecule has 1 fully saturated rings.